The van der Waals surface area contributed by atoms with Crippen molar-refractivity contribution in [3.05, 3.63) is 0 Å². The molecule has 0 N–H and O–H groups in total. The van der Waals surface area contributed by atoms with E-state index in [2.05, 4.69) is 27.7 Å². The van der Waals surface area contributed by atoms with Gasteiger partial charge in [0.1, 0.15) is 0 Å². The summed E-state index contributed by atoms with van der Waals surface area (Å²) < 4.78 is 12.6. The molecule has 104 valence electrons. The molecule has 2 atom stereocenters. The molecule has 1 heteroatoms. The van der Waals surface area contributed by atoms with Crippen molar-refractivity contribution in [3.8, 4) is 0 Å². The number of hydrogen-bond acceptors (Lipinski definition) is 0. The highest BCUT2D eigenvalue weighted by molar-refractivity contribution is 4.76. The van der Waals surface area contributed by atoms with Gasteiger partial charge in [-0.25, -0.2) is 0 Å². The molecule has 0 aromatic carbocycles. The van der Waals surface area contributed by atoms with Gasteiger partial charge in [0.25, 0.3) is 0 Å². The lowest BCUT2D eigenvalue weighted by Crippen LogP contribution is -2.20. The molecule has 0 heterocycles. The Bertz CT molecular complexity index is 167. The summed E-state index contributed by atoms with van der Waals surface area (Å²) in [6, 6.07) is 0. The highest BCUT2D eigenvalue weighted by Crippen LogP contribution is 2.36. The number of unbranched alkanes of at least 4 members (excludes halogenated alkanes) is 3. The zero-order chi connectivity index (χ0) is 13.1. The molecule has 0 aliphatic carbocycles. The summed E-state index contributed by atoms with van der Waals surface area (Å²) in [5.41, 5.74) is 0.236. The van der Waals surface area contributed by atoms with Gasteiger partial charge >= 0.3 is 0 Å². The van der Waals surface area contributed by atoms with E-state index in [1.54, 1.807) is 0 Å². The molecule has 0 aromatic rings. The third kappa shape index (κ3) is 7.78. The Hall–Kier alpha value is -0.0700. The maximum atomic E-state index is 12.6. The Kier molecular flexibility index (Phi) is 9.87. The second kappa shape index (κ2) is 9.91. The molecule has 0 aliphatic rings. The number of hydrogen-bond donors (Lipinski definition) is 0. The van der Waals surface area contributed by atoms with Crippen molar-refractivity contribution in [2.75, 3.05) is 6.67 Å². The maximum absolute atomic E-state index is 12.6. The summed E-state index contributed by atoms with van der Waals surface area (Å²) in [4.78, 5) is 0. The summed E-state index contributed by atoms with van der Waals surface area (Å²) in [5.74, 6) is 0.809. The molecule has 0 aromatic heterocycles. The fourth-order valence-corrected chi connectivity index (χ4v) is 2.66. The van der Waals surface area contributed by atoms with Crippen LogP contribution in [0, 0.1) is 11.3 Å². The predicted molar refractivity (Wildman–Crippen MR) is 76.1 cm³/mol. The van der Waals surface area contributed by atoms with Crippen LogP contribution >= 0.6 is 0 Å². The average molecular weight is 244 g/mol. The van der Waals surface area contributed by atoms with Crippen LogP contribution in [-0.4, -0.2) is 6.67 Å². The van der Waals surface area contributed by atoms with Gasteiger partial charge in [-0.05, 0) is 24.2 Å². The van der Waals surface area contributed by atoms with Crippen molar-refractivity contribution in [1.29, 1.82) is 0 Å². The molecule has 0 saturated carbocycles. The Morgan fingerprint density at radius 2 is 1.76 bits per heavy atom. The van der Waals surface area contributed by atoms with Crippen molar-refractivity contribution < 1.29 is 4.39 Å². The Labute approximate surface area is 108 Å². The van der Waals surface area contributed by atoms with Crippen LogP contribution in [0.25, 0.3) is 0 Å². The van der Waals surface area contributed by atoms with Crippen molar-refractivity contribution >= 4 is 0 Å². The van der Waals surface area contributed by atoms with Gasteiger partial charge < -0.3 is 0 Å². The van der Waals surface area contributed by atoms with Crippen molar-refractivity contribution in [2.24, 2.45) is 11.3 Å². The summed E-state index contributed by atoms with van der Waals surface area (Å²) in [6.07, 6.45) is 11.1. The van der Waals surface area contributed by atoms with Gasteiger partial charge in [0.15, 0.2) is 0 Å². The lowest BCUT2D eigenvalue weighted by molar-refractivity contribution is 0.182. The zero-order valence-electron chi connectivity index (χ0n) is 12.5. The molecule has 0 bridgehead atoms. The average Bonchev–Trinajstić information content (AvgIpc) is 2.33. The van der Waals surface area contributed by atoms with Crippen LogP contribution in [0.15, 0.2) is 0 Å². The van der Waals surface area contributed by atoms with E-state index in [4.69, 9.17) is 0 Å². The SMILES string of the molecule is CCCCCCC(CC)CC(C)(CC)CCF. The highest BCUT2D eigenvalue weighted by atomic mass is 19.1. The van der Waals surface area contributed by atoms with E-state index in [9.17, 15) is 4.39 Å². The van der Waals surface area contributed by atoms with Crippen LogP contribution in [0.4, 0.5) is 4.39 Å². The van der Waals surface area contributed by atoms with Crippen molar-refractivity contribution in [3.63, 3.8) is 0 Å². The number of rotatable bonds is 11. The first-order chi connectivity index (χ1) is 8.11. The standard InChI is InChI=1S/C16H33F/c1-5-8-9-10-11-15(6-2)14-16(4,7-3)12-13-17/h15H,5-14H2,1-4H3. The fraction of sp³-hybridized carbons (Fsp3) is 1.00. The van der Waals surface area contributed by atoms with Crippen LogP contribution in [-0.2, 0) is 0 Å². The smallest absolute Gasteiger partial charge is 0.0899 e. The molecule has 0 aliphatic heterocycles. The minimum Gasteiger partial charge on any atom is -0.251 e. The minimum atomic E-state index is -0.156. The molecule has 0 nitrogen and oxygen atoms in total. The van der Waals surface area contributed by atoms with Crippen LogP contribution < -0.4 is 0 Å². The molecule has 0 saturated heterocycles. The van der Waals surface area contributed by atoms with Crippen LogP contribution in [0.5, 0.6) is 0 Å². The fourth-order valence-electron chi connectivity index (χ4n) is 2.66. The molecule has 0 rings (SSSR count). The number of halogens is 1. The van der Waals surface area contributed by atoms with E-state index in [1.807, 2.05) is 0 Å². The predicted octanol–water partition coefficient (Wildman–Crippen LogP) is 6.15. The molecular formula is C16H33F. The first-order valence-corrected chi connectivity index (χ1v) is 7.67. The molecule has 0 amide bonds. The number of alkyl halides is 1. The Balaban J connectivity index is 3.99. The van der Waals surface area contributed by atoms with Gasteiger partial charge in [-0.1, -0.05) is 72.6 Å². The maximum Gasteiger partial charge on any atom is 0.0899 e. The zero-order valence-corrected chi connectivity index (χ0v) is 12.5. The van der Waals surface area contributed by atoms with Crippen LogP contribution in [0.2, 0.25) is 0 Å². The Morgan fingerprint density at radius 3 is 2.24 bits per heavy atom. The summed E-state index contributed by atoms with van der Waals surface area (Å²) in [6.45, 7) is 8.86. The Morgan fingerprint density at radius 1 is 1.06 bits per heavy atom. The van der Waals surface area contributed by atoms with Gasteiger partial charge in [-0.2, -0.15) is 0 Å². The molecule has 0 spiro atoms. The van der Waals surface area contributed by atoms with E-state index in [-0.39, 0.29) is 12.1 Å². The summed E-state index contributed by atoms with van der Waals surface area (Å²) in [7, 11) is 0. The second-order valence-corrected chi connectivity index (χ2v) is 5.93. The first kappa shape index (κ1) is 16.9. The third-order valence-electron chi connectivity index (χ3n) is 4.38. The minimum absolute atomic E-state index is 0.156. The van der Waals surface area contributed by atoms with Gasteiger partial charge in [-0.15, -0.1) is 0 Å². The normalized spacial score (nSPS) is 16.8. The van der Waals surface area contributed by atoms with Crippen LogP contribution in [0.3, 0.4) is 0 Å². The van der Waals surface area contributed by atoms with Crippen molar-refractivity contribution in [2.45, 2.75) is 85.5 Å². The van der Waals surface area contributed by atoms with E-state index in [0.29, 0.717) is 0 Å². The van der Waals surface area contributed by atoms with E-state index >= 15 is 0 Å². The van der Waals surface area contributed by atoms with Crippen LogP contribution in [0.1, 0.15) is 85.5 Å². The highest BCUT2D eigenvalue weighted by Gasteiger charge is 2.25. The van der Waals surface area contributed by atoms with E-state index in [0.717, 1.165) is 18.8 Å². The summed E-state index contributed by atoms with van der Waals surface area (Å²) >= 11 is 0. The second-order valence-electron chi connectivity index (χ2n) is 5.93. The lowest BCUT2D eigenvalue weighted by Gasteiger charge is -2.31. The molecular weight excluding hydrogens is 211 g/mol. The molecule has 17 heavy (non-hydrogen) atoms. The van der Waals surface area contributed by atoms with E-state index in [1.165, 1.54) is 44.9 Å². The molecule has 2 unspecified atom stereocenters. The third-order valence-corrected chi connectivity index (χ3v) is 4.38. The monoisotopic (exact) mass is 244 g/mol. The van der Waals surface area contributed by atoms with Gasteiger partial charge in [-0.3, -0.25) is 4.39 Å². The largest absolute Gasteiger partial charge is 0.251 e. The van der Waals surface area contributed by atoms with Gasteiger partial charge in [0.05, 0.1) is 6.67 Å². The first-order valence-electron chi connectivity index (χ1n) is 7.67. The summed E-state index contributed by atoms with van der Waals surface area (Å²) in [5, 5.41) is 0. The van der Waals surface area contributed by atoms with Gasteiger partial charge in [0.2, 0.25) is 0 Å². The van der Waals surface area contributed by atoms with E-state index < -0.39 is 0 Å². The van der Waals surface area contributed by atoms with Gasteiger partial charge in [0, 0.05) is 0 Å². The topological polar surface area (TPSA) is 0 Å². The van der Waals surface area contributed by atoms with Crippen molar-refractivity contribution in [1.82, 2.24) is 0 Å². The molecule has 0 radical (unpaired) electrons. The lowest BCUT2D eigenvalue weighted by atomic mass is 9.74. The quantitative estimate of drug-likeness (QED) is 0.382. The molecule has 0 fully saturated rings.